The van der Waals surface area contributed by atoms with Crippen molar-refractivity contribution in [2.24, 2.45) is 5.10 Å². The molecule has 0 radical (unpaired) electrons. The van der Waals surface area contributed by atoms with Gasteiger partial charge in [0.2, 0.25) is 0 Å². The molecule has 3 aromatic heterocycles. The van der Waals surface area contributed by atoms with E-state index in [0.717, 1.165) is 45.3 Å². The molecule has 0 saturated heterocycles. The molecule has 1 aliphatic carbocycles. The number of hydrogen-bond donors (Lipinski definition) is 1. The fourth-order valence-corrected chi connectivity index (χ4v) is 4.80. The summed E-state index contributed by atoms with van der Waals surface area (Å²) in [5.41, 5.74) is 6.46. The lowest BCUT2D eigenvalue weighted by molar-refractivity contribution is 0.700. The van der Waals surface area contributed by atoms with Crippen LogP contribution in [0.2, 0.25) is 0 Å². The Labute approximate surface area is 154 Å². The average molecular weight is 359 g/mol. The number of fused-ring (bicyclic) bond motifs is 4. The zero-order chi connectivity index (χ0) is 17.3. The van der Waals surface area contributed by atoms with Gasteiger partial charge < -0.3 is 0 Å². The van der Waals surface area contributed by atoms with Crippen LogP contribution in [0.25, 0.3) is 21.1 Å². The molecule has 5 nitrogen and oxygen atoms in total. The summed E-state index contributed by atoms with van der Waals surface area (Å²) in [4.78, 5) is 15.9. The van der Waals surface area contributed by atoms with Gasteiger partial charge in [-0.15, -0.1) is 11.3 Å². The minimum absolute atomic E-state index is 0.791. The first kappa shape index (κ1) is 15.4. The summed E-state index contributed by atoms with van der Waals surface area (Å²) in [5, 5.41) is 6.68. The van der Waals surface area contributed by atoms with E-state index in [4.69, 9.17) is 0 Å². The largest absolute Gasteiger partial charge is 0.261 e. The molecule has 0 spiro atoms. The fraction of sp³-hybridized carbons (Fsp3) is 0.200. The van der Waals surface area contributed by atoms with Crippen molar-refractivity contribution >= 4 is 44.5 Å². The molecular weight excluding hydrogens is 342 g/mol. The predicted molar refractivity (Wildman–Crippen MR) is 107 cm³/mol. The van der Waals surface area contributed by atoms with Crippen LogP contribution in [0.5, 0.6) is 0 Å². The molecule has 0 atom stereocenters. The van der Waals surface area contributed by atoms with Gasteiger partial charge in [-0.1, -0.05) is 24.3 Å². The Bertz CT molecular complexity index is 1130. The molecule has 0 unspecified atom stereocenters. The van der Waals surface area contributed by atoms with E-state index in [1.807, 2.05) is 24.4 Å². The molecule has 1 aliphatic rings. The van der Waals surface area contributed by atoms with E-state index < -0.39 is 0 Å². The minimum Gasteiger partial charge on any atom is -0.261 e. The summed E-state index contributed by atoms with van der Waals surface area (Å²) >= 11 is 1.79. The van der Waals surface area contributed by atoms with Crippen LogP contribution in [0.4, 0.5) is 5.82 Å². The Morgan fingerprint density at radius 1 is 1.04 bits per heavy atom. The number of nitrogens with zero attached hydrogens (tertiary/aromatic N) is 4. The summed E-state index contributed by atoms with van der Waals surface area (Å²) in [7, 11) is 0. The second-order valence-electron chi connectivity index (χ2n) is 6.41. The van der Waals surface area contributed by atoms with Gasteiger partial charge in [0.25, 0.3) is 0 Å². The number of aryl methyl sites for hydroxylation is 2. The summed E-state index contributed by atoms with van der Waals surface area (Å²) < 4.78 is 0. The summed E-state index contributed by atoms with van der Waals surface area (Å²) in [6.07, 6.45) is 9.98. The first-order valence-corrected chi connectivity index (χ1v) is 9.60. The zero-order valence-electron chi connectivity index (χ0n) is 14.1. The van der Waals surface area contributed by atoms with Gasteiger partial charge in [0, 0.05) is 22.0 Å². The number of thiophene rings is 1. The van der Waals surface area contributed by atoms with E-state index in [1.54, 1.807) is 23.9 Å². The molecule has 4 aromatic rings. The van der Waals surface area contributed by atoms with Crippen molar-refractivity contribution in [2.75, 3.05) is 5.43 Å². The first-order chi connectivity index (χ1) is 12.9. The molecule has 128 valence electrons. The van der Waals surface area contributed by atoms with Gasteiger partial charge in [-0.05, 0) is 37.3 Å². The Hall–Kier alpha value is -2.86. The van der Waals surface area contributed by atoms with Crippen LogP contribution in [-0.4, -0.2) is 21.2 Å². The third-order valence-electron chi connectivity index (χ3n) is 4.79. The van der Waals surface area contributed by atoms with Crippen LogP contribution in [0, 0.1) is 0 Å². The lowest BCUT2D eigenvalue weighted by Crippen LogP contribution is -2.01. The van der Waals surface area contributed by atoms with Gasteiger partial charge in [0.15, 0.2) is 5.82 Å². The standard InChI is InChI=1S/C20H17N5S/c1-2-9-16-15(8-1)17-19(22-12-23-20(17)26-16)25-24-11-14-6-3-5-13-7-4-10-21-18(13)14/h3-7,10-12H,1-2,8-9H2,(H,22,23,25)/b24-11+. The number of aromatic nitrogens is 3. The normalized spacial score (nSPS) is 14.2. The Morgan fingerprint density at radius 2 is 1.96 bits per heavy atom. The zero-order valence-corrected chi connectivity index (χ0v) is 15.0. The smallest absolute Gasteiger partial charge is 0.158 e. The van der Waals surface area contributed by atoms with Crippen molar-refractivity contribution in [3.05, 3.63) is 58.9 Å². The highest BCUT2D eigenvalue weighted by atomic mass is 32.1. The van der Waals surface area contributed by atoms with Crippen molar-refractivity contribution in [3.8, 4) is 0 Å². The Balaban J connectivity index is 1.50. The van der Waals surface area contributed by atoms with E-state index in [2.05, 4.69) is 37.6 Å². The molecule has 0 bridgehead atoms. The number of hydrazone groups is 1. The quantitative estimate of drug-likeness (QED) is 0.430. The van der Waals surface area contributed by atoms with Crippen LogP contribution in [0.15, 0.2) is 48.0 Å². The number of rotatable bonds is 3. The van der Waals surface area contributed by atoms with Crippen LogP contribution in [0.3, 0.4) is 0 Å². The third-order valence-corrected chi connectivity index (χ3v) is 5.99. The fourth-order valence-electron chi connectivity index (χ4n) is 3.57. The van der Waals surface area contributed by atoms with Gasteiger partial charge in [-0.25, -0.2) is 9.97 Å². The molecule has 0 aliphatic heterocycles. The van der Waals surface area contributed by atoms with Crippen molar-refractivity contribution in [2.45, 2.75) is 25.7 Å². The van der Waals surface area contributed by atoms with Gasteiger partial charge in [0.05, 0.1) is 17.1 Å². The molecule has 0 amide bonds. The van der Waals surface area contributed by atoms with Gasteiger partial charge in [-0.3, -0.25) is 10.4 Å². The maximum absolute atomic E-state index is 4.46. The monoisotopic (exact) mass is 359 g/mol. The van der Waals surface area contributed by atoms with E-state index in [1.165, 1.54) is 23.3 Å². The van der Waals surface area contributed by atoms with Gasteiger partial charge in [-0.2, -0.15) is 5.10 Å². The molecule has 6 heteroatoms. The average Bonchev–Trinajstić information content (AvgIpc) is 3.08. The third kappa shape index (κ3) is 2.63. The lowest BCUT2D eigenvalue weighted by atomic mass is 9.97. The first-order valence-electron chi connectivity index (χ1n) is 8.78. The number of pyridine rings is 1. The van der Waals surface area contributed by atoms with Crippen LogP contribution in [-0.2, 0) is 12.8 Å². The van der Waals surface area contributed by atoms with Crippen LogP contribution < -0.4 is 5.43 Å². The molecule has 0 saturated carbocycles. The number of anilines is 1. The highest BCUT2D eigenvalue weighted by molar-refractivity contribution is 7.19. The Morgan fingerprint density at radius 3 is 2.96 bits per heavy atom. The molecule has 0 fully saturated rings. The molecule has 1 aromatic carbocycles. The number of hydrogen-bond acceptors (Lipinski definition) is 6. The topological polar surface area (TPSA) is 63.1 Å². The van der Waals surface area contributed by atoms with Crippen molar-refractivity contribution < 1.29 is 0 Å². The second kappa shape index (κ2) is 6.46. The van der Waals surface area contributed by atoms with Gasteiger partial charge >= 0.3 is 0 Å². The maximum Gasteiger partial charge on any atom is 0.158 e. The summed E-state index contributed by atoms with van der Waals surface area (Å²) in [5.74, 6) is 0.791. The van der Waals surface area contributed by atoms with Gasteiger partial charge in [0.1, 0.15) is 11.2 Å². The number of nitrogens with one attached hydrogen (secondary N) is 1. The van der Waals surface area contributed by atoms with E-state index in [9.17, 15) is 0 Å². The molecule has 5 rings (SSSR count). The maximum atomic E-state index is 4.46. The second-order valence-corrected chi connectivity index (χ2v) is 7.49. The highest BCUT2D eigenvalue weighted by Crippen LogP contribution is 2.38. The summed E-state index contributed by atoms with van der Waals surface area (Å²) in [6, 6.07) is 10.1. The molecule has 1 N–H and O–H groups in total. The van der Waals surface area contributed by atoms with Crippen LogP contribution in [0.1, 0.15) is 28.8 Å². The van der Waals surface area contributed by atoms with E-state index in [-0.39, 0.29) is 0 Å². The predicted octanol–water partition coefficient (Wildman–Crippen LogP) is 4.56. The Kier molecular flexibility index (Phi) is 3.83. The molecular formula is C20H17N5S. The van der Waals surface area contributed by atoms with E-state index >= 15 is 0 Å². The van der Waals surface area contributed by atoms with Crippen LogP contribution >= 0.6 is 11.3 Å². The lowest BCUT2D eigenvalue weighted by Gasteiger charge is -2.11. The van der Waals surface area contributed by atoms with Crippen molar-refractivity contribution in [3.63, 3.8) is 0 Å². The minimum atomic E-state index is 0.791. The number of benzene rings is 1. The number of para-hydroxylation sites is 1. The molecule has 26 heavy (non-hydrogen) atoms. The SMILES string of the molecule is C(=N\Nc1ncnc2sc3c(c12)CCCC3)/c1cccc2cccnc12. The molecule has 3 heterocycles. The van der Waals surface area contributed by atoms with Crippen molar-refractivity contribution in [1.29, 1.82) is 0 Å². The highest BCUT2D eigenvalue weighted by Gasteiger charge is 2.19. The van der Waals surface area contributed by atoms with Crippen molar-refractivity contribution in [1.82, 2.24) is 15.0 Å². The summed E-state index contributed by atoms with van der Waals surface area (Å²) in [6.45, 7) is 0. The van der Waals surface area contributed by atoms with E-state index in [0.29, 0.717) is 0 Å².